The molecule has 1 aliphatic heterocycles. The summed E-state index contributed by atoms with van der Waals surface area (Å²) in [5, 5.41) is 10.7. The lowest BCUT2D eigenvalue weighted by Gasteiger charge is -2.29. The molecule has 0 saturated carbocycles. The van der Waals surface area contributed by atoms with Crippen molar-refractivity contribution in [3.63, 3.8) is 0 Å². The van der Waals surface area contributed by atoms with Crippen molar-refractivity contribution in [2.45, 2.75) is 26.8 Å². The highest BCUT2D eigenvalue weighted by molar-refractivity contribution is 9.10. The fourth-order valence-electron chi connectivity index (χ4n) is 4.22. The Kier molecular flexibility index (Phi) is 7.73. The predicted octanol–water partition coefficient (Wildman–Crippen LogP) is 4.23. The second kappa shape index (κ2) is 10.6. The van der Waals surface area contributed by atoms with Crippen LogP contribution < -0.4 is 19.6 Å². The maximum atomic E-state index is 13.8. The second-order valence-electron chi connectivity index (χ2n) is 8.16. The first-order valence-electron chi connectivity index (χ1n) is 11.3. The lowest BCUT2D eigenvalue weighted by Crippen LogP contribution is -2.43. The quantitative estimate of drug-likeness (QED) is 0.466. The van der Waals surface area contributed by atoms with E-state index in [9.17, 15) is 14.7 Å². The van der Waals surface area contributed by atoms with E-state index in [1.165, 1.54) is 18.4 Å². The van der Waals surface area contributed by atoms with Gasteiger partial charge in [-0.15, -0.1) is 0 Å². The number of methoxy groups -OCH3 is 1. The van der Waals surface area contributed by atoms with Crippen LogP contribution in [0.5, 0.6) is 11.5 Å². The van der Waals surface area contributed by atoms with Crippen molar-refractivity contribution in [2.24, 2.45) is 4.99 Å². The Bertz CT molecular complexity index is 1540. The summed E-state index contributed by atoms with van der Waals surface area (Å²) in [6.07, 6.45) is 1.72. The third kappa shape index (κ3) is 4.75. The van der Waals surface area contributed by atoms with Crippen LogP contribution in [-0.4, -0.2) is 40.7 Å². The molecule has 0 unspecified atom stereocenters. The normalized spacial score (nSPS) is 15.5. The SMILES string of the molecule is CCN(CC)C(=O)C1=C(C)N=c2s/c(=C/c3cc(Br)c(O)c(OC)c3)c(=O)n2[C@@H]1c1ccc(Cl)cc1. The fraction of sp³-hybridized carbons (Fsp3) is 0.269. The van der Waals surface area contributed by atoms with Gasteiger partial charge in [-0.3, -0.25) is 14.2 Å². The first-order chi connectivity index (χ1) is 17.2. The summed E-state index contributed by atoms with van der Waals surface area (Å²) in [5.41, 5.74) is 2.22. The number of amides is 1. The summed E-state index contributed by atoms with van der Waals surface area (Å²) < 4.78 is 7.71. The van der Waals surface area contributed by atoms with Gasteiger partial charge in [-0.05, 0) is 78.2 Å². The van der Waals surface area contributed by atoms with Crippen LogP contribution in [0, 0.1) is 0 Å². The van der Waals surface area contributed by atoms with Crippen molar-refractivity contribution in [1.29, 1.82) is 0 Å². The van der Waals surface area contributed by atoms with E-state index in [1.54, 1.807) is 46.7 Å². The van der Waals surface area contributed by atoms with Gasteiger partial charge in [0, 0.05) is 18.1 Å². The van der Waals surface area contributed by atoms with E-state index in [2.05, 4.69) is 20.9 Å². The van der Waals surface area contributed by atoms with Gasteiger partial charge in [-0.25, -0.2) is 4.99 Å². The van der Waals surface area contributed by atoms with Gasteiger partial charge >= 0.3 is 0 Å². The van der Waals surface area contributed by atoms with Crippen LogP contribution in [0.25, 0.3) is 6.08 Å². The number of phenols is 1. The van der Waals surface area contributed by atoms with Crippen LogP contribution >= 0.6 is 38.9 Å². The molecule has 2 aromatic carbocycles. The number of halogens is 2. The lowest BCUT2D eigenvalue weighted by molar-refractivity contribution is -0.127. The molecular formula is C26H25BrClN3O4S. The molecule has 0 radical (unpaired) electrons. The zero-order valence-electron chi connectivity index (χ0n) is 20.2. The van der Waals surface area contributed by atoms with Gasteiger partial charge in [0.05, 0.1) is 33.4 Å². The number of aromatic hydroxyl groups is 1. The Morgan fingerprint density at radius 1 is 1.28 bits per heavy atom. The molecule has 0 aliphatic carbocycles. The van der Waals surface area contributed by atoms with Gasteiger partial charge in [-0.2, -0.15) is 0 Å². The predicted molar refractivity (Wildman–Crippen MR) is 146 cm³/mol. The first kappa shape index (κ1) is 26.2. The number of allylic oxidation sites excluding steroid dienone is 1. The number of likely N-dealkylation sites (N-methyl/N-ethyl adjacent to an activating group) is 1. The van der Waals surface area contributed by atoms with Gasteiger partial charge in [0.15, 0.2) is 16.3 Å². The van der Waals surface area contributed by atoms with Crippen LogP contribution in [0.3, 0.4) is 0 Å². The third-order valence-electron chi connectivity index (χ3n) is 6.06. The zero-order chi connectivity index (χ0) is 26.1. The number of benzene rings is 2. The van der Waals surface area contributed by atoms with Crippen LogP contribution in [0.4, 0.5) is 0 Å². The van der Waals surface area contributed by atoms with Gasteiger partial charge in [0.25, 0.3) is 11.5 Å². The van der Waals surface area contributed by atoms with E-state index in [-0.39, 0.29) is 23.0 Å². The number of phenolic OH excluding ortho intramolecular Hbond substituents is 1. The van der Waals surface area contributed by atoms with Gasteiger partial charge < -0.3 is 14.7 Å². The van der Waals surface area contributed by atoms with E-state index >= 15 is 0 Å². The zero-order valence-corrected chi connectivity index (χ0v) is 23.4. The highest BCUT2D eigenvalue weighted by Crippen LogP contribution is 2.35. The van der Waals surface area contributed by atoms with Crippen LogP contribution in [-0.2, 0) is 4.79 Å². The summed E-state index contributed by atoms with van der Waals surface area (Å²) in [6.45, 7) is 6.74. The van der Waals surface area contributed by atoms with Crippen LogP contribution in [0.1, 0.15) is 37.9 Å². The van der Waals surface area contributed by atoms with Gasteiger partial charge in [-0.1, -0.05) is 35.1 Å². The van der Waals surface area contributed by atoms with Crippen LogP contribution in [0.15, 0.2) is 61.9 Å². The number of hydrogen-bond donors (Lipinski definition) is 1. The topological polar surface area (TPSA) is 84.1 Å². The number of ether oxygens (including phenoxy) is 1. The van der Waals surface area contributed by atoms with Gasteiger partial charge in [0.1, 0.15) is 0 Å². The first-order valence-corrected chi connectivity index (χ1v) is 13.3. The molecule has 1 aromatic heterocycles. The fourth-order valence-corrected chi connectivity index (χ4v) is 5.85. The van der Waals surface area contributed by atoms with E-state index in [0.717, 1.165) is 5.56 Å². The van der Waals surface area contributed by atoms with Crippen molar-refractivity contribution >= 4 is 50.9 Å². The number of rotatable bonds is 6. The largest absolute Gasteiger partial charge is 0.503 e. The van der Waals surface area contributed by atoms with E-state index < -0.39 is 6.04 Å². The molecule has 3 aromatic rings. The molecule has 1 atom stereocenters. The molecule has 0 saturated heterocycles. The maximum absolute atomic E-state index is 13.8. The lowest BCUT2D eigenvalue weighted by atomic mass is 9.94. The number of hydrogen-bond acceptors (Lipinski definition) is 6. The number of thiazole rings is 1. The average Bonchev–Trinajstić information content (AvgIpc) is 3.15. The Hall–Kier alpha value is -2.88. The summed E-state index contributed by atoms with van der Waals surface area (Å²) in [6, 6.07) is 9.88. The second-order valence-corrected chi connectivity index (χ2v) is 10.5. The Morgan fingerprint density at radius 3 is 2.56 bits per heavy atom. The number of fused-ring (bicyclic) bond motifs is 1. The molecule has 1 aliphatic rings. The smallest absolute Gasteiger partial charge is 0.271 e. The highest BCUT2D eigenvalue weighted by atomic mass is 79.9. The maximum Gasteiger partial charge on any atom is 0.271 e. The number of nitrogens with zero attached hydrogens (tertiary/aromatic N) is 3. The minimum absolute atomic E-state index is 0.0194. The third-order valence-corrected chi connectivity index (χ3v) is 7.90. The molecule has 10 heteroatoms. The van der Waals surface area contributed by atoms with Crippen LogP contribution in [0.2, 0.25) is 5.02 Å². The molecule has 0 fully saturated rings. The molecule has 36 heavy (non-hydrogen) atoms. The summed E-state index contributed by atoms with van der Waals surface area (Å²) in [4.78, 5) is 34.3. The van der Waals surface area contributed by atoms with Crippen molar-refractivity contribution in [1.82, 2.24) is 9.47 Å². The molecule has 1 amide bonds. The van der Waals surface area contributed by atoms with Crippen molar-refractivity contribution in [3.8, 4) is 11.5 Å². The standard InChI is InChI=1S/C26H25BrClN3O4S/c1-5-30(6-2)25(34)21-14(3)29-26-31(22(21)16-7-9-17(28)10-8-16)24(33)20(36-26)13-15-11-18(27)23(32)19(12-15)35-4/h7-13,22,32H,5-6H2,1-4H3/b20-13+/t22-/m1/s1. The summed E-state index contributed by atoms with van der Waals surface area (Å²) in [5.74, 6) is 0.113. The molecule has 1 N–H and O–H groups in total. The molecule has 188 valence electrons. The van der Waals surface area contributed by atoms with Crippen molar-refractivity contribution < 1.29 is 14.6 Å². The number of carbonyl (C=O) groups excluding carboxylic acids is 1. The van der Waals surface area contributed by atoms with Crippen molar-refractivity contribution in [2.75, 3.05) is 20.2 Å². The van der Waals surface area contributed by atoms with E-state index in [1.807, 2.05) is 26.0 Å². The minimum atomic E-state index is -0.644. The van der Waals surface area contributed by atoms with Crippen molar-refractivity contribution in [3.05, 3.63) is 88.0 Å². The van der Waals surface area contributed by atoms with Gasteiger partial charge in [0.2, 0.25) is 0 Å². The Morgan fingerprint density at radius 2 is 1.94 bits per heavy atom. The highest BCUT2D eigenvalue weighted by Gasteiger charge is 2.34. The van der Waals surface area contributed by atoms with E-state index in [0.29, 0.717) is 48.8 Å². The molecule has 2 heterocycles. The molecule has 7 nitrogen and oxygen atoms in total. The van der Waals surface area contributed by atoms with E-state index in [4.69, 9.17) is 16.3 Å². The molecule has 0 spiro atoms. The average molecular weight is 591 g/mol. The monoisotopic (exact) mass is 589 g/mol. The summed E-state index contributed by atoms with van der Waals surface area (Å²) in [7, 11) is 1.46. The summed E-state index contributed by atoms with van der Waals surface area (Å²) >= 11 is 10.7. The Balaban J connectivity index is 1.96. The number of carbonyl (C=O) groups is 1. The minimum Gasteiger partial charge on any atom is -0.503 e. The number of aromatic nitrogens is 1. The molecular weight excluding hydrogens is 566 g/mol. The molecule has 0 bridgehead atoms. The Labute approximate surface area is 225 Å². The molecule has 4 rings (SSSR count).